The minimum atomic E-state index is -3.10. The zero-order chi connectivity index (χ0) is 24.8. The molecule has 0 spiro atoms. The van der Waals surface area contributed by atoms with Crippen LogP contribution in [0.25, 0.3) is 0 Å². The van der Waals surface area contributed by atoms with Crippen LogP contribution in [0, 0.1) is 41.3 Å². The maximum atomic E-state index is 13.9. The number of alkyl halides is 2. The number of hydrogen-bond acceptors (Lipinski definition) is 3. The molecule has 0 heterocycles. The highest BCUT2D eigenvalue weighted by Crippen LogP contribution is 2.49. The van der Waals surface area contributed by atoms with Crippen LogP contribution in [0.5, 0.6) is 11.5 Å². The number of ether oxygens (including phenoxy) is 2. The molecule has 0 aromatic heterocycles. The summed E-state index contributed by atoms with van der Waals surface area (Å²) in [6, 6.07) is 3.29. The van der Waals surface area contributed by atoms with Crippen LogP contribution in [-0.2, 0) is 4.79 Å². The number of hydrogen-bond donors (Lipinski definition) is 0. The lowest BCUT2D eigenvalue weighted by atomic mass is 9.60. The van der Waals surface area contributed by atoms with Crippen LogP contribution < -0.4 is 9.47 Å². The summed E-state index contributed by atoms with van der Waals surface area (Å²) in [5.74, 6) is 2.28. The highest BCUT2D eigenvalue weighted by atomic mass is 19.3. The van der Waals surface area contributed by atoms with E-state index in [4.69, 9.17) is 4.74 Å². The lowest BCUT2D eigenvalue weighted by Crippen LogP contribution is -2.35. The van der Waals surface area contributed by atoms with Crippen LogP contribution >= 0.6 is 0 Å². The first-order valence-corrected chi connectivity index (χ1v) is 13.9. The fraction of sp³-hybridized carbons (Fsp3) is 0.759. The van der Waals surface area contributed by atoms with Crippen LogP contribution in [0.3, 0.4) is 0 Å². The molecule has 1 aromatic rings. The van der Waals surface area contributed by atoms with E-state index in [2.05, 4.69) is 11.7 Å². The van der Waals surface area contributed by atoms with Gasteiger partial charge in [0.1, 0.15) is 5.75 Å². The Balaban J connectivity index is 1.20. The minimum Gasteiger partial charge on any atom is -0.432 e. The second-order valence-electron chi connectivity index (χ2n) is 11.3. The molecule has 4 unspecified atom stereocenters. The van der Waals surface area contributed by atoms with Crippen LogP contribution in [0.15, 0.2) is 18.2 Å². The molecular formula is C29H41F3O3. The zero-order valence-corrected chi connectivity index (χ0v) is 21.0. The van der Waals surface area contributed by atoms with Gasteiger partial charge < -0.3 is 9.47 Å². The molecule has 35 heavy (non-hydrogen) atoms. The molecule has 3 nitrogen and oxygen atoms in total. The van der Waals surface area contributed by atoms with Gasteiger partial charge in [-0.25, -0.2) is 4.39 Å². The molecule has 0 bridgehead atoms. The summed E-state index contributed by atoms with van der Waals surface area (Å²) < 4.78 is 48.0. The van der Waals surface area contributed by atoms with Crippen molar-refractivity contribution in [3.8, 4) is 11.5 Å². The fourth-order valence-electron chi connectivity index (χ4n) is 7.16. The van der Waals surface area contributed by atoms with Gasteiger partial charge >= 0.3 is 12.6 Å². The number of fused-ring (bicyclic) bond motifs is 1. The SMILES string of the molecule is CCCCCC1CCC2CC(C3CCC(C(=O)Oc4ccc(OC(F)F)c(F)c4)CC3)CCC2C1. The average molecular weight is 495 g/mol. The third-order valence-electron chi connectivity index (χ3n) is 9.09. The van der Waals surface area contributed by atoms with Gasteiger partial charge in [-0.15, -0.1) is 0 Å². The first-order chi connectivity index (χ1) is 16.9. The average Bonchev–Trinajstić information content (AvgIpc) is 2.85. The Kier molecular flexibility index (Phi) is 9.40. The molecule has 0 saturated heterocycles. The summed E-state index contributed by atoms with van der Waals surface area (Å²) >= 11 is 0. The van der Waals surface area contributed by atoms with Gasteiger partial charge in [-0.2, -0.15) is 8.78 Å². The Labute approximate surface area is 208 Å². The molecule has 0 radical (unpaired) electrons. The van der Waals surface area contributed by atoms with Gasteiger partial charge in [0.15, 0.2) is 11.6 Å². The van der Waals surface area contributed by atoms with Crippen molar-refractivity contribution in [2.45, 2.75) is 103 Å². The molecule has 196 valence electrons. The Morgan fingerprint density at radius 2 is 1.57 bits per heavy atom. The Hall–Kier alpha value is -1.72. The Morgan fingerprint density at radius 1 is 0.914 bits per heavy atom. The van der Waals surface area contributed by atoms with Crippen molar-refractivity contribution >= 4 is 5.97 Å². The maximum Gasteiger partial charge on any atom is 0.387 e. The van der Waals surface area contributed by atoms with Gasteiger partial charge in [0, 0.05) is 6.07 Å². The predicted octanol–water partition coefficient (Wildman–Crippen LogP) is 8.55. The smallest absolute Gasteiger partial charge is 0.387 e. The molecule has 0 N–H and O–H groups in total. The van der Waals surface area contributed by atoms with Crippen molar-refractivity contribution < 1.29 is 27.4 Å². The second-order valence-corrected chi connectivity index (χ2v) is 11.3. The van der Waals surface area contributed by atoms with Crippen LogP contribution in [0.2, 0.25) is 0 Å². The van der Waals surface area contributed by atoms with Crippen LogP contribution in [-0.4, -0.2) is 12.6 Å². The van der Waals surface area contributed by atoms with Crippen LogP contribution in [0.4, 0.5) is 13.2 Å². The summed E-state index contributed by atoms with van der Waals surface area (Å²) in [5.41, 5.74) is 0. The predicted molar refractivity (Wildman–Crippen MR) is 130 cm³/mol. The van der Waals surface area contributed by atoms with E-state index in [9.17, 15) is 18.0 Å². The second kappa shape index (κ2) is 12.5. The van der Waals surface area contributed by atoms with Gasteiger partial charge in [-0.1, -0.05) is 39.0 Å². The molecule has 3 fully saturated rings. The van der Waals surface area contributed by atoms with E-state index in [1.54, 1.807) is 0 Å². The van der Waals surface area contributed by atoms with E-state index in [0.29, 0.717) is 5.92 Å². The maximum absolute atomic E-state index is 13.9. The van der Waals surface area contributed by atoms with Crippen molar-refractivity contribution in [3.63, 3.8) is 0 Å². The monoisotopic (exact) mass is 494 g/mol. The van der Waals surface area contributed by atoms with E-state index in [1.807, 2.05) is 0 Å². The summed E-state index contributed by atoms with van der Waals surface area (Å²) in [6.45, 7) is -0.820. The largest absolute Gasteiger partial charge is 0.432 e. The van der Waals surface area contributed by atoms with Gasteiger partial charge in [-0.05, 0) is 99.5 Å². The number of halogens is 3. The van der Waals surface area contributed by atoms with Gasteiger partial charge in [0.25, 0.3) is 0 Å². The summed E-state index contributed by atoms with van der Waals surface area (Å²) in [6.07, 6.45) is 17.6. The van der Waals surface area contributed by atoms with Crippen molar-refractivity contribution in [2.24, 2.45) is 35.5 Å². The van der Waals surface area contributed by atoms with Crippen molar-refractivity contribution in [1.82, 2.24) is 0 Å². The van der Waals surface area contributed by atoms with Gasteiger partial charge in [0.2, 0.25) is 0 Å². The highest BCUT2D eigenvalue weighted by Gasteiger charge is 2.39. The van der Waals surface area contributed by atoms with E-state index < -0.39 is 18.2 Å². The first kappa shape index (κ1) is 26.3. The highest BCUT2D eigenvalue weighted by molar-refractivity contribution is 5.75. The summed E-state index contributed by atoms with van der Waals surface area (Å²) in [5, 5.41) is 0. The molecular weight excluding hydrogens is 453 g/mol. The number of rotatable bonds is 9. The molecule has 6 heteroatoms. The lowest BCUT2D eigenvalue weighted by Gasteiger charge is -2.45. The lowest BCUT2D eigenvalue weighted by molar-refractivity contribution is -0.140. The fourth-order valence-corrected chi connectivity index (χ4v) is 7.16. The molecule has 3 aliphatic carbocycles. The minimum absolute atomic E-state index is 0.0276. The molecule has 4 rings (SSSR count). The molecule has 4 atom stereocenters. The number of esters is 1. The van der Waals surface area contributed by atoms with E-state index in [1.165, 1.54) is 70.3 Å². The molecule has 0 amide bonds. The van der Waals surface area contributed by atoms with E-state index in [0.717, 1.165) is 61.5 Å². The first-order valence-electron chi connectivity index (χ1n) is 13.9. The Morgan fingerprint density at radius 3 is 2.26 bits per heavy atom. The van der Waals surface area contributed by atoms with Gasteiger partial charge in [0.05, 0.1) is 5.92 Å². The summed E-state index contributed by atoms with van der Waals surface area (Å²) in [7, 11) is 0. The van der Waals surface area contributed by atoms with Crippen LogP contribution in [0.1, 0.15) is 96.8 Å². The quantitative estimate of drug-likeness (QED) is 0.196. The molecule has 3 aliphatic rings. The van der Waals surface area contributed by atoms with Crippen molar-refractivity contribution in [2.75, 3.05) is 0 Å². The third kappa shape index (κ3) is 7.16. The van der Waals surface area contributed by atoms with E-state index >= 15 is 0 Å². The standard InChI is InChI=1S/C29H41F3O3/c1-2-3-4-5-19-6-7-24-17-23(13-12-22(24)16-19)20-8-10-21(11-9-20)28(33)34-25-14-15-27(26(30)18-25)35-29(31)32/h14-15,18-24,29H,2-13,16-17H2,1H3. The van der Waals surface area contributed by atoms with Crippen molar-refractivity contribution in [3.05, 3.63) is 24.0 Å². The number of carbonyl (C=O) groups excluding carboxylic acids is 1. The number of carbonyl (C=O) groups is 1. The topological polar surface area (TPSA) is 35.5 Å². The number of benzene rings is 1. The Bertz CT molecular complexity index is 821. The third-order valence-corrected chi connectivity index (χ3v) is 9.09. The van der Waals surface area contributed by atoms with E-state index in [-0.39, 0.29) is 17.6 Å². The van der Waals surface area contributed by atoms with Crippen molar-refractivity contribution in [1.29, 1.82) is 0 Å². The normalized spacial score (nSPS) is 31.1. The molecule has 1 aromatic carbocycles. The summed E-state index contributed by atoms with van der Waals surface area (Å²) in [4.78, 5) is 12.6. The zero-order valence-electron chi connectivity index (χ0n) is 21.0. The van der Waals surface area contributed by atoms with Gasteiger partial charge in [-0.3, -0.25) is 4.79 Å². The molecule has 3 saturated carbocycles. The number of unbranched alkanes of at least 4 members (excludes halogenated alkanes) is 2. The molecule has 0 aliphatic heterocycles.